The molecule has 36 heavy (non-hydrogen) atoms. The first-order valence-corrected chi connectivity index (χ1v) is 12.6. The molecule has 0 saturated carbocycles. The van der Waals surface area contributed by atoms with E-state index in [0.29, 0.717) is 18.0 Å². The third-order valence-electron chi connectivity index (χ3n) is 4.90. The maximum atomic E-state index is 12.7. The normalized spacial score (nSPS) is 10.9. The summed E-state index contributed by atoms with van der Waals surface area (Å²) in [5, 5.41) is 14.5. The van der Waals surface area contributed by atoms with Crippen molar-refractivity contribution < 1.29 is 27.9 Å². The Kier molecular flexibility index (Phi) is 9.12. The average molecular weight is 531 g/mol. The highest BCUT2D eigenvalue weighted by atomic mass is 35.5. The first-order chi connectivity index (χ1) is 17.2. The lowest BCUT2D eigenvalue weighted by Crippen LogP contribution is -2.31. The fraction of sp³-hybridized carbons (Fsp3) is 0.167. The second-order valence-corrected chi connectivity index (χ2v) is 9.63. The van der Waals surface area contributed by atoms with Gasteiger partial charge in [0.05, 0.1) is 17.1 Å². The number of pyridine rings is 1. The van der Waals surface area contributed by atoms with E-state index in [2.05, 4.69) is 15.6 Å². The van der Waals surface area contributed by atoms with Crippen LogP contribution in [0.2, 0.25) is 5.02 Å². The Labute approximate surface area is 212 Å². The van der Waals surface area contributed by atoms with E-state index in [4.69, 9.17) is 16.7 Å². The Morgan fingerprint density at radius 1 is 0.861 bits per heavy atom. The van der Waals surface area contributed by atoms with Crippen molar-refractivity contribution in [3.63, 3.8) is 0 Å². The molecule has 12 heteroatoms. The number of amides is 3. The number of rotatable bonds is 10. The summed E-state index contributed by atoms with van der Waals surface area (Å²) < 4.78 is 27.4. The molecule has 10 nitrogen and oxygen atoms in total. The molecule has 188 valence electrons. The molecular formula is C24H23ClN4O6S. The second-order valence-electron chi connectivity index (χ2n) is 7.51. The van der Waals surface area contributed by atoms with Gasteiger partial charge in [-0.25, -0.2) is 13.1 Å². The fourth-order valence-electron chi connectivity index (χ4n) is 3.04. The van der Waals surface area contributed by atoms with Gasteiger partial charge in [0.1, 0.15) is 5.69 Å². The van der Waals surface area contributed by atoms with Crippen molar-refractivity contribution >= 4 is 39.3 Å². The molecule has 0 aliphatic heterocycles. The zero-order valence-corrected chi connectivity index (χ0v) is 20.5. The summed E-state index contributed by atoms with van der Waals surface area (Å²) >= 11 is 5.86. The first kappa shape index (κ1) is 26.8. The van der Waals surface area contributed by atoms with Crippen LogP contribution in [-0.4, -0.2) is 55.9 Å². The van der Waals surface area contributed by atoms with Crippen LogP contribution in [0.5, 0.6) is 0 Å². The summed E-state index contributed by atoms with van der Waals surface area (Å²) in [5.41, 5.74) is 0.999. The van der Waals surface area contributed by atoms with Crippen LogP contribution in [0.3, 0.4) is 0 Å². The number of carbonyl (C=O) groups excluding carboxylic acids is 3. The Hall–Kier alpha value is -3.80. The smallest absolute Gasteiger partial charge is 0.269 e. The van der Waals surface area contributed by atoms with Crippen LogP contribution in [0.4, 0.5) is 0 Å². The number of aromatic nitrogens is 1. The molecule has 3 amide bonds. The van der Waals surface area contributed by atoms with Gasteiger partial charge in [0.15, 0.2) is 0 Å². The summed E-state index contributed by atoms with van der Waals surface area (Å²) in [7, 11) is -4.30. The van der Waals surface area contributed by atoms with E-state index in [1.54, 1.807) is 12.1 Å². The summed E-state index contributed by atoms with van der Waals surface area (Å²) in [6.45, 7) is 0.131. The van der Waals surface area contributed by atoms with E-state index < -0.39 is 27.7 Å². The molecule has 3 aromatic rings. The molecule has 0 aliphatic carbocycles. The average Bonchev–Trinajstić information content (AvgIpc) is 2.88. The molecule has 0 bridgehead atoms. The minimum atomic E-state index is -4.30. The van der Waals surface area contributed by atoms with Crippen LogP contribution >= 0.6 is 11.6 Å². The second kappa shape index (κ2) is 12.2. The van der Waals surface area contributed by atoms with Gasteiger partial charge in [-0.3, -0.25) is 19.4 Å². The molecule has 0 saturated heterocycles. The van der Waals surface area contributed by atoms with Crippen LogP contribution in [0.1, 0.15) is 36.8 Å². The third kappa shape index (κ3) is 7.35. The largest absolute Gasteiger partial charge is 0.395 e. The number of hydrogen-bond donors (Lipinski definition) is 4. The van der Waals surface area contributed by atoms with E-state index in [0.717, 1.165) is 11.8 Å². The van der Waals surface area contributed by atoms with Gasteiger partial charge in [0.25, 0.3) is 27.7 Å². The lowest BCUT2D eigenvalue weighted by atomic mass is 10.1. The highest BCUT2D eigenvalue weighted by molar-refractivity contribution is 7.90. The highest BCUT2D eigenvalue weighted by Crippen LogP contribution is 2.13. The molecule has 4 N–H and O–H groups in total. The molecule has 0 fully saturated rings. The van der Waals surface area contributed by atoms with Crippen molar-refractivity contribution in [2.24, 2.45) is 0 Å². The maximum absolute atomic E-state index is 12.7. The molecule has 1 aromatic heterocycles. The zero-order valence-electron chi connectivity index (χ0n) is 18.9. The van der Waals surface area contributed by atoms with Gasteiger partial charge in [0.2, 0.25) is 0 Å². The molecule has 3 rings (SSSR count). The Morgan fingerprint density at radius 2 is 1.58 bits per heavy atom. The first-order valence-electron chi connectivity index (χ1n) is 10.7. The molecular weight excluding hydrogens is 508 g/mol. The number of benzene rings is 2. The van der Waals surface area contributed by atoms with Crippen molar-refractivity contribution in [3.05, 3.63) is 94.3 Å². The molecule has 0 spiro atoms. The van der Waals surface area contributed by atoms with Crippen LogP contribution in [0.15, 0.2) is 71.8 Å². The van der Waals surface area contributed by atoms with Crippen molar-refractivity contribution in [3.8, 4) is 0 Å². The van der Waals surface area contributed by atoms with Crippen LogP contribution in [0, 0.1) is 0 Å². The number of sulfonamides is 1. The van der Waals surface area contributed by atoms with Gasteiger partial charge in [-0.05, 0) is 54.4 Å². The summed E-state index contributed by atoms with van der Waals surface area (Å²) in [4.78, 5) is 40.3. The summed E-state index contributed by atoms with van der Waals surface area (Å²) in [6.07, 6.45) is 1.62. The van der Waals surface area contributed by atoms with Gasteiger partial charge in [-0.1, -0.05) is 29.8 Å². The predicted molar refractivity (Wildman–Crippen MR) is 132 cm³/mol. The molecule has 0 atom stereocenters. The Balaban J connectivity index is 1.62. The minimum absolute atomic E-state index is 0.00219. The SMILES string of the molecule is O=C(NCCc1ccc(Cl)cc1)c1cccc(S(=O)(=O)NC(=O)c2ccc(C(=O)NCCO)nc2)c1. The van der Waals surface area contributed by atoms with Crippen molar-refractivity contribution in [2.75, 3.05) is 19.7 Å². The maximum Gasteiger partial charge on any atom is 0.269 e. The molecule has 0 aliphatic rings. The number of aliphatic hydroxyl groups is 1. The molecule has 1 heterocycles. The molecule has 0 radical (unpaired) electrons. The number of halogens is 1. The zero-order chi connectivity index (χ0) is 26.1. The van der Waals surface area contributed by atoms with Crippen molar-refractivity contribution in [2.45, 2.75) is 11.3 Å². The van der Waals surface area contributed by atoms with E-state index in [1.807, 2.05) is 16.9 Å². The van der Waals surface area contributed by atoms with Gasteiger partial charge < -0.3 is 15.7 Å². The fourth-order valence-corrected chi connectivity index (χ4v) is 4.19. The highest BCUT2D eigenvalue weighted by Gasteiger charge is 2.21. The standard InChI is InChI=1S/C24H23ClN4O6S/c25-19-7-4-16(5-8-19)10-11-26-22(31)17-2-1-3-20(14-17)36(34,35)29-23(32)18-6-9-21(28-15-18)24(33)27-12-13-30/h1-9,14-15,30H,10-13H2,(H,26,31)(H,27,33)(H,29,32). The van der Waals surface area contributed by atoms with Gasteiger partial charge in [-0.15, -0.1) is 0 Å². The topological polar surface area (TPSA) is 155 Å². The lowest BCUT2D eigenvalue weighted by molar-refractivity contribution is 0.0934. The van der Waals surface area contributed by atoms with E-state index >= 15 is 0 Å². The third-order valence-corrected chi connectivity index (χ3v) is 6.48. The van der Waals surface area contributed by atoms with Gasteiger partial charge in [-0.2, -0.15) is 0 Å². The minimum Gasteiger partial charge on any atom is -0.395 e. The van der Waals surface area contributed by atoms with Crippen LogP contribution in [-0.2, 0) is 16.4 Å². The Bertz CT molecular complexity index is 1350. The number of nitrogens with zero attached hydrogens (tertiary/aromatic N) is 1. The Morgan fingerprint density at radius 3 is 2.25 bits per heavy atom. The summed E-state index contributed by atoms with van der Waals surface area (Å²) in [5.74, 6) is -1.97. The van der Waals surface area contributed by atoms with Crippen LogP contribution < -0.4 is 15.4 Å². The number of hydrogen-bond acceptors (Lipinski definition) is 7. The quantitative estimate of drug-likeness (QED) is 0.310. The van der Waals surface area contributed by atoms with Crippen LogP contribution in [0.25, 0.3) is 0 Å². The molecule has 2 aromatic carbocycles. The monoisotopic (exact) mass is 530 g/mol. The van der Waals surface area contributed by atoms with Gasteiger partial charge >= 0.3 is 0 Å². The van der Waals surface area contributed by atoms with Crippen molar-refractivity contribution in [1.82, 2.24) is 20.3 Å². The van der Waals surface area contributed by atoms with Gasteiger partial charge in [0, 0.05) is 29.9 Å². The lowest BCUT2D eigenvalue weighted by Gasteiger charge is -2.10. The number of aliphatic hydroxyl groups excluding tert-OH is 1. The summed E-state index contributed by atoms with van der Waals surface area (Å²) in [6, 6.07) is 15.0. The number of nitrogens with one attached hydrogen (secondary N) is 3. The number of carbonyl (C=O) groups is 3. The van der Waals surface area contributed by atoms with E-state index in [9.17, 15) is 22.8 Å². The molecule has 0 unspecified atom stereocenters. The van der Waals surface area contributed by atoms with Crippen molar-refractivity contribution in [1.29, 1.82) is 0 Å². The van der Waals surface area contributed by atoms with E-state index in [1.165, 1.54) is 36.4 Å². The van der Waals surface area contributed by atoms with E-state index in [-0.39, 0.29) is 34.9 Å². The predicted octanol–water partition coefficient (Wildman–Crippen LogP) is 1.55.